The maximum atomic E-state index is 12.7. The van der Waals surface area contributed by atoms with Gasteiger partial charge in [-0.15, -0.1) is 0 Å². The first-order chi connectivity index (χ1) is 9.43. The minimum atomic E-state index is -0.171. The van der Waals surface area contributed by atoms with Crippen LogP contribution in [0, 0.1) is 18.3 Å². The highest BCUT2D eigenvalue weighted by Crippen LogP contribution is 2.44. The molecule has 0 saturated heterocycles. The number of anilines is 1. The summed E-state index contributed by atoms with van der Waals surface area (Å²) in [5.41, 5.74) is 1.66. The van der Waals surface area contributed by atoms with Crippen LogP contribution >= 0.6 is 15.9 Å². The third kappa shape index (κ3) is 3.40. The molecule has 1 heterocycles. The molecular weight excluding hydrogens is 316 g/mol. The molecule has 0 atom stereocenters. The average molecular weight is 339 g/mol. The number of halogens is 1. The monoisotopic (exact) mass is 338 g/mol. The van der Waals surface area contributed by atoms with Gasteiger partial charge in [0.05, 0.1) is 11.9 Å². The summed E-state index contributed by atoms with van der Waals surface area (Å²) in [7, 11) is 0. The van der Waals surface area contributed by atoms with Crippen LogP contribution in [-0.2, 0) is 4.79 Å². The van der Waals surface area contributed by atoms with Gasteiger partial charge in [0.25, 0.3) is 0 Å². The Morgan fingerprint density at radius 2 is 2.10 bits per heavy atom. The minimum absolute atomic E-state index is 0.171. The highest BCUT2D eigenvalue weighted by atomic mass is 79.9. The van der Waals surface area contributed by atoms with Crippen molar-refractivity contribution in [2.75, 3.05) is 5.32 Å². The number of nitrogens with one attached hydrogen (secondary N) is 1. The number of hydrogen-bond acceptors (Lipinski definition) is 2. The maximum absolute atomic E-state index is 12.7. The lowest BCUT2D eigenvalue weighted by atomic mass is 9.77. The van der Waals surface area contributed by atoms with E-state index in [9.17, 15) is 4.79 Å². The van der Waals surface area contributed by atoms with Crippen molar-refractivity contribution in [3.8, 4) is 0 Å². The van der Waals surface area contributed by atoms with Crippen LogP contribution in [0.25, 0.3) is 0 Å². The van der Waals surface area contributed by atoms with Crippen molar-refractivity contribution >= 4 is 27.5 Å². The number of pyridine rings is 1. The van der Waals surface area contributed by atoms with E-state index in [2.05, 4.69) is 40.1 Å². The van der Waals surface area contributed by atoms with Crippen molar-refractivity contribution in [2.24, 2.45) is 11.3 Å². The van der Waals surface area contributed by atoms with Crippen molar-refractivity contribution in [3.63, 3.8) is 0 Å². The number of carbonyl (C=O) groups is 1. The summed E-state index contributed by atoms with van der Waals surface area (Å²) in [6.45, 7) is 6.36. The smallest absolute Gasteiger partial charge is 0.230 e. The van der Waals surface area contributed by atoms with Gasteiger partial charge in [-0.05, 0) is 59.7 Å². The normalized spacial score (nSPS) is 17.4. The Bertz CT molecular complexity index is 493. The zero-order valence-corrected chi connectivity index (χ0v) is 14.1. The SMILES string of the molecule is Cc1cc(NC(=O)C2(CC(C)C)CCCC2)cnc1Br. The molecule has 0 spiro atoms. The Kier molecular flexibility index (Phi) is 4.84. The molecule has 0 aliphatic heterocycles. The van der Waals surface area contributed by atoms with Crippen LogP contribution in [0.3, 0.4) is 0 Å². The fourth-order valence-corrected chi connectivity index (χ4v) is 3.46. The van der Waals surface area contributed by atoms with E-state index in [0.717, 1.165) is 48.0 Å². The molecule has 4 heteroatoms. The van der Waals surface area contributed by atoms with Crippen LogP contribution in [0.1, 0.15) is 51.5 Å². The first kappa shape index (κ1) is 15.5. The number of hydrogen-bond donors (Lipinski definition) is 1. The summed E-state index contributed by atoms with van der Waals surface area (Å²) in [5, 5.41) is 3.08. The summed E-state index contributed by atoms with van der Waals surface area (Å²) in [4.78, 5) is 17.0. The van der Waals surface area contributed by atoms with E-state index in [1.807, 2.05) is 13.0 Å². The molecule has 1 aliphatic carbocycles. The second-order valence-electron chi connectivity index (χ2n) is 6.37. The van der Waals surface area contributed by atoms with E-state index >= 15 is 0 Å². The van der Waals surface area contributed by atoms with Crippen LogP contribution in [0.5, 0.6) is 0 Å². The molecule has 0 radical (unpaired) electrons. The first-order valence-corrected chi connectivity index (χ1v) is 8.16. The average Bonchev–Trinajstić information content (AvgIpc) is 2.83. The van der Waals surface area contributed by atoms with Crippen molar-refractivity contribution < 1.29 is 4.79 Å². The summed E-state index contributed by atoms with van der Waals surface area (Å²) in [6, 6.07) is 1.97. The van der Waals surface area contributed by atoms with Gasteiger partial charge < -0.3 is 5.32 Å². The third-order valence-electron chi connectivity index (χ3n) is 4.11. The van der Waals surface area contributed by atoms with Crippen LogP contribution in [0.15, 0.2) is 16.9 Å². The first-order valence-electron chi connectivity index (χ1n) is 7.36. The van der Waals surface area contributed by atoms with Gasteiger partial charge in [0.2, 0.25) is 5.91 Å². The molecule has 3 nitrogen and oxygen atoms in total. The van der Waals surface area contributed by atoms with Crippen molar-refractivity contribution in [1.29, 1.82) is 0 Å². The molecular formula is C16H23BrN2O. The topological polar surface area (TPSA) is 42.0 Å². The number of nitrogens with zero attached hydrogens (tertiary/aromatic N) is 1. The summed E-state index contributed by atoms with van der Waals surface area (Å²) < 4.78 is 0.827. The van der Waals surface area contributed by atoms with E-state index in [1.165, 1.54) is 0 Å². The zero-order chi connectivity index (χ0) is 14.8. The molecule has 1 fully saturated rings. The molecule has 1 saturated carbocycles. The Hall–Kier alpha value is -0.900. The summed E-state index contributed by atoms with van der Waals surface area (Å²) in [6.07, 6.45) is 7.05. The lowest BCUT2D eigenvalue weighted by Crippen LogP contribution is -2.35. The molecule has 1 amide bonds. The lowest BCUT2D eigenvalue weighted by molar-refractivity contribution is -0.126. The predicted molar refractivity (Wildman–Crippen MR) is 85.7 cm³/mol. The zero-order valence-electron chi connectivity index (χ0n) is 12.5. The van der Waals surface area contributed by atoms with Crippen molar-refractivity contribution in [1.82, 2.24) is 4.98 Å². The minimum Gasteiger partial charge on any atom is -0.324 e. The molecule has 2 rings (SSSR count). The van der Waals surface area contributed by atoms with Gasteiger partial charge in [-0.25, -0.2) is 4.98 Å². The van der Waals surface area contributed by atoms with Crippen molar-refractivity contribution in [2.45, 2.75) is 52.9 Å². The van der Waals surface area contributed by atoms with Crippen molar-refractivity contribution in [3.05, 3.63) is 22.4 Å². The van der Waals surface area contributed by atoms with Gasteiger partial charge in [0, 0.05) is 5.41 Å². The van der Waals surface area contributed by atoms with Crippen LogP contribution < -0.4 is 5.32 Å². The maximum Gasteiger partial charge on any atom is 0.230 e. The van der Waals surface area contributed by atoms with Gasteiger partial charge in [-0.2, -0.15) is 0 Å². The second-order valence-corrected chi connectivity index (χ2v) is 7.12. The van der Waals surface area contributed by atoms with E-state index < -0.39 is 0 Å². The van der Waals surface area contributed by atoms with Gasteiger partial charge in [-0.3, -0.25) is 4.79 Å². The molecule has 1 aromatic heterocycles. The molecule has 110 valence electrons. The second kappa shape index (κ2) is 6.25. The molecule has 1 aromatic rings. The van der Waals surface area contributed by atoms with E-state index in [0.29, 0.717) is 5.92 Å². The van der Waals surface area contributed by atoms with Crippen LogP contribution in [0.2, 0.25) is 0 Å². The number of rotatable bonds is 4. The van der Waals surface area contributed by atoms with Crippen LogP contribution in [0.4, 0.5) is 5.69 Å². The van der Waals surface area contributed by atoms with Crippen LogP contribution in [-0.4, -0.2) is 10.9 Å². The Balaban J connectivity index is 2.14. The summed E-state index contributed by atoms with van der Waals surface area (Å²) in [5.74, 6) is 0.718. The number of amides is 1. The predicted octanol–water partition coefficient (Wildman–Crippen LogP) is 4.70. The van der Waals surface area contributed by atoms with Gasteiger partial charge in [0.1, 0.15) is 4.60 Å². The van der Waals surface area contributed by atoms with Gasteiger partial charge in [0.15, 0.2) is 0 Å². The number of aryl methyl sites for hydroxylation is 1. The Morgan fingerprint density at radius 1 is 1.45 bits per heavy atom. The summed E-state index contributed by atoms with van der Waals surface area (Å²) >= 11 is 3.38. The quantitative estimate of drug-likeness (QED) is 0.808. The standard InChI is InChI=1S/C16H23BrN2O/c1-11(2)9-16(6-4-5-7-16)15(20)19-13-8-12(3)14(17)18-10-13/h8,10-11H,4-7,9H2,1-3H3,(H,19,20). The molecule has 1 N–H and O–H groups in total. The molecule has 0 aromatic carbocycles. The molecule has 20 heavy (non-hydrogen) atoms. The van der Waals surface area contributed by atoms with Gasteiger partial charge >= 0.3 is 0 Å². The fourth-order valence-electron chi connectivity index (χ4n) is 3.25. The molecule has 1 aliphatic rings. The van der Waals surface area contributed by atoms with Gasteiger partial charge in [-0.1, -0.05) is 26.7 Å². The van der Waals surface area contributed by atoms with E-state index in [1.54, 1.807) is 6.20 Å². The number of carbonyl (C=O) groups excluding carboxylic acids is 1. The molecule has 0 unspecified atom stereocenters. The molecule has 0 bridgehead atoms. The highest BCUT2D eigenvalue weighted by Gasteiger charge is 2.41. The fraction of sp³-hybridized carbons (Fsp3) is 0.625. The van der Waals surface area contributed by atoms with E-state index in [4.69, 9.17) is 0 Å². The largest absolute Gasteiger partial charge is 0.324 e. The third-order valence-corrected chi connectivity index (χ3v) is 4.94. The van der Waals surface area contributed by atoms with E-state index in [-0.39, 0.29) is 11.3 Å². The lowest BCUT2D eigenvalue weighted by Gasteiger charge is -2.29. The Morgan fingerprint density at radius 3 is 2.65 bits per heavy atom. The number of aromatic nitrogens is 1. The Labute approximate surface area is 129 Å². The highest BCUT2D eigenvalue weighted by molar-refractivity contribution is 9.10.